The lowest BCUT2D eigenvalue weighted by Crippen LogP contribution is -2.28. The van der Waals surface area contributed by atoms with Gasteiger partial charge in [-0.2, -0.15) is 0 Å². The van der Waals surface area contributed by atoms with E-state index in [4.69, 9.17) is 9.72 Å². The largest absolute Gasteiger partial charge is 0.497 e. The van der Waals surface area contributed by atoms with Crippen LogP contribution in [0.2, 0.25) is 0 Å². The highest BCUT2D eigenvalue weighted by atomic mass is 32.2. The summed E-state index contributed by atoms with van der Waals surface area (Å²) in [5.74, 6) is 0.855. The lowest BCUT2D eigenvalue weighted by atomic mass is 10.1. The number of hydrogen-bond donors (Lipinski definition) is 1. The van der Waals surface area contributed by atoms with Crippen LogP contribution in [0.25, 0.3) is 26.3 Å². The Labute approximate surface area is 223 Å². The second kappa shape index (κ2) is 11.5. The van der Waals surface area contributed by atoms with E-state index in [1.54, 1.807) is 11.7 Å². The van der Waals surface area contributed by atoms with Gasteiger partial charge in [-0.25, -0.2) is 4.98 Å². The Balaban J connectivity index is 1.35. The van der Waals surface area contributed by atoms with Crippen molar-refractivity contribution in [2.24, 2.45) is 0 Å². The molecular weight excluding hydrogens is 502 g/mol. The van der Waals surface area contributed by atoms with E-state index in [1.165, 1.54) is 23.1 Å². The number of para-hydroxylation sites is 1. The molecule has 5 aromatic rings. The summed E-state index contributed by atoms with van der Waals surface area (Å²) in [6.07, 6.45) is 0.719. The fraction of sp³-hybridized carbons (Fsp3) is 0.138. The number of nitrogens with zero attached hydrogens (tertiary/aromatic N) is 2. The van der Waals surface area contributed by atoms with Gasteiger partial charge in [0.15, 0.2) is 5.16 Å². The van der Waals surface area contributed by atoms with Gasteiger partial charge < -0.3 is 10.1 Å². The highest BCUT2D eigenvalue weighted by Gasteiger charge is 2.17. The van der Waals surface area contributed by atoms with Gasteiger partial charge in [0, 0.05) is 11.4 Å². The van der Waals surface area contributed by atoms with Crippen LogP contribution in [0, 0.1) is 0 Å². The zero-order chi connectivity index (χ0) is 25.6. The predicted molar refractivity (Wildman–Crippen MR) is 151 cm³/mol. The van der Waals surface area contributed by atoms with Gasteiger partial charge in [-0.15, -0.1) is 11.3 Å². The van der Waals surface area contributed by atoms with E-state index < -0.39 is 0 Å². The number of amides is 1. The molecule has 0 aliphatic carbocycles. The van der Waals surface area contributed by atoms with Gasteiger partial charge in [-0.3, -0.25) is 14.2 Å². The van der Waals surface area contributed by atoms with Crippen molar-refractivity contribution in [3.8, 4) is 21.9 Å². The highest BCUT2D eigenvalue weighted by Crippen LogP contribution is 2.32. The van der Waals surface area contributed by atoms with Gasteiger partial charge in [-0.05, 0) is 47.9 Å². The van der Waals surface area contributed by atoms with Crippen molar-refractivity contribution in [3.63, 3.8) is 0 Å². The van der Waals surface area contributed by atoms with Crippen LogP contribution in [0.1, 0.15) is 5.56 Å². The normalized spacial score (nSPS) is 10.9. The maximum absolute atomic E-state index is 13.6. The zero-order valence-electron chi connectivity index (χ0n) is 20.2. The van der Waals surface area contributed by atoms with Gasteiger partial charge in [0.25, 0.3) is 5.56 Å². The standard InChI is InChI=1S/C29H25N3O3S2/c1-35-23-14-12-20(13-15-23)16-17-30-26(33)19-36-29-31-27-24(18-25(37-27)21-8-4-2-5-9-21)28(34)32(29)22-10-6-3-7-11-22/h2-15,18H,16-17,19H2,1H3,(H,30,33). The number of carbonyl (C=O) groups is 1. The Bertz CT molecular complexity index is 1560. The molecule has 0 aliphatic rings. The van der Waals surface area contributed by atoms with Crippen molar-refractivity contribution in [3.05, 3.63) is 107 Å². The van der Waals surface area contributed by atoms with Crippen LogP contribution in [-0.4, -0.2) is 34.9 Å². The van der Waals surface area contributed by atoms with E-state index in [-0.39, 0.29) is 17.2 Å². The third-order valence-electron chi connectivity index (χ3n) is 5.83. The maximum Gasteiger partial charge on any atom is 0.267 e. The molecule has 0 saturated carbocycles. The van der Waals surface area contributed by atoms with Crippen LogP contribution >= 0.6 is 23.1 Å². The van der Waals surface area contributed by atoms with Crippen molar-refractivity contribution in [1.29, 1.82) is 0 Å². The van der Waals surface area contributed by atoms with Crippen LogP contribution < -0.4 is 15.6 Å². The van der Waals surface area contributed by atoms with Crippen LogP contribution in [-0.2, 0) is 11.2 Å². The molecular formula is C29H25N3O3S2. The third kappa shape index (κ3) is 5.76. The number of methoxy groups -OCH3 is 1. The summed E-state index contributed by atoms with van der Waals surface area (Å²) in [4.78, 5) is 32.7. The van der Waals surface area contributed by atoms with E-state index in [2.05, 4.69) is 5.32 Å². The molecule has 5 rings (SSSR count). The lowest BCUT2D eigenvalue weighted by Gasteiger charge is -2.12. The number of thioether (sulfide) groups is 1. The summed E-state index contributed by atoms with van der Waals surface area (Å²) in [7, 11) is 1.64. The smallest absolute Gasteiger partial charge is 0.267 e. The van der Waals surface area contributed by atoms with E-state index >= 15 is 0 Å². The predicted octanol–water partition coefficient (Wildman–Crippen LogP) is 5.57. The first kappa shape index (κ1) is 24.8. The van der Waals surface area contributed by atoms with Crippen LogP contribution in [0.5, 0.6) is 5.75 Å². The average Bonchev–Trinajstić information content (AvgIpc) is 3.38. The van der Waals surface area contributed by atoms with E-state index in [0.717, 1.165) is 33.9 Å². The number of nitrogens with one attached hydrogen (secondary N) is 1. The van der Waals surface area contributed by atoms with Gasteiger partial charge >= 0.3 is 0 Å². The molecule has 0 atom stereocenters. The monoisotopic (exact) mass is 527 g/mol. The van der Waals surface area contributed by atoms with Crippen molar-refractivity contribution in [2.75, 3.05) is 19.4 Å². The summed E-state index contributed by atoms with van der Waals surface area (Å²) in [5.41, 5.74) is 2.74. The minimum Gasteiger partial charge on any atom is -0.497 e. The van der Waals surface area contributed by atoms with Crippen molar-refractivity contribution in [1.82, 2.24) is 14.9 Å². The van der Waals surface area contributed by atoms with Crippen LogP contribution in [0.3, 0.4) is 0 Å². The molecule has 2 aromatic heterocycles. The molecule has 37 heavy (non-hydrogen) atoms. The third-order valence-corrected chi connectivity index (χ3v) is 7.85. The number of fused-ring (bicyclic) bond motifs is 1. The first-order valence-electron chi connectivity index (χ1n) is 11.8. The summed E-state index contributed by atoms with van der Waals surface area (Å²) < 4.78 is 6.78. The molecule has 2 heterocycles. The summed E-state index contributed by atoms with van der Waals surface area (Å²) >= 11 is 2.75. The fourth-order valence-corrected chi connectivity index (χ4v) is 5.85. The Hall–Kier alpha value is -3.88. The second-order valence-corrected chi connectivity index (χ2v) is 10.3. The molecule has 0 spiro atoms. The minimum absolute atomic E-state index is 0.108. The molecule has 0 bridgehead atoms. The Morgan fingerprint density at radius 3 is 2.41 bits per heavy atom. The number of aromatic nitrogens is 2. The molecule has 3 aromatic carbocycles. The SMILES string of the molecule is COc1ccc(CCNC(=O)CSc2nc3sc(-c4ccccc4)cc3c(=O)n2-c2ccccc2)cc1. The van der Waals surface area contributed by atoms with E-state index in [0.29, 0.717) is 21.9 Å². The number of carbonyl (C=O) groups excluding carboxylic acids is 1. The van der Waals surface area contributed by atoms with Gasteiger partial charge in [0.1, 0.15) is 10.6 Å². The number of rotatable bonds is 9. The first-order valence-corrected chi connectivity index (χ1v) is 13.6. The molecule has 186 valence electrons. The molecule has 0 unspecified atom stereocenters. The molecule has 0 saturated heterocycles. The summed E-state index contributed by atoms with van der Waals surface area (Å²) in [5, 5.41) is 4.03. The minimum atomic E-state index is -0.142. The topological polar surface area (TPSA) is 73.2 Å². The average molecular weight is 528 g/mol. The van der Waals surface area contributed by atoms with Gasteiger partial charge in [-0.1, -0.05) is 72.4 Å². The second-order valence-electron chi connectivity index (χ2n) is 8.30. The number of thiophene rings is 1. The molecule has 8 heteroatoms. The molecule has 1 N–H and O–H groups in total. The number of hydrogen-bond acceptors (Lipinski definition) is 6. The number of benzene rings is 3. The van der Waals surface area contributed by atoms with Crippen molar-refractivity contribution >= 4 is 39.2 Å². The maximum atomic E-state index is 13.6. The van der Waals surface area contributed by atoms with E-state index in [1.807, 2.05) is 91.0 Å². The Morgan fingerprint density at radius 2 is 1.70 bits per heavy atom. The van der Waals surface area contributed by atoms with Crippen LogP contribution in [0.15, 0.2) is 101 Å². The van der Waals surface area contributed by atoms with Gasteiger partial charge in [0.05, 0.1) is 23.9 Å². The molecule has 0 radical (unpaired) electrons. The van der Waals surface area contributed by atoms with Crippen LogP contribution in [0.4, 0.5) is 0 Å². The van der Waals surface area contributed by atoms with Gasteiger partial charge in [0.2, 0.25) is 5.91 Å². The molecule has 6 nitrogen and oxygen atoms in total. The fourth-order valence-electron chi connectivity index (χ4n) is 3.93. The first-order chi connectivity index (χ1) is 18.1. The molecule has 1 amide bonds. The zero-order valence-corrected chi connectivity index (χ0v) is 21.9. The summed E-state index contributed by atoms with van der Waals surface area (Å²) in [6.45, 7) is 0.523. The van der Waals surface area contributed by atoms with Crippen molar-refractivity contribution in [2.45, 2.75) is 11.6 Å². The quantitative estimate of drug-likeness (QED) is 0.200. The molecule has 0 aliphatic heterocycles. The van der Waals surface area contributed by atoms with E-state index in [9.17, 15) is 9.59 Å². The molecule has 0 fully saturated rings. The Morgan fingerprint density at radius 1 is 1.00 bits per heavy atom. The highest BCUT2D eigenvalue weighted by molar-refractivity contribution is 7.99. The summed E-state index contributed by atoms with van der Waals surface area (Å²) in [6, 6.07) is 29.1. The van der Waals surface area contributed by atoms with Crippen molar-refractivity contribution < 1.29 is 9.53 Å². The Kier molecular flexibility index (Phi) is 7.67. The lowest BCUT2D eigenvalue weighted by molar-refractivity contribution is -0.118. The number of ether oxygens (including phenoxy) is 1.